The average molecular weight is 475 g/mol. The summed E-state index contributed by atoms with van der Waals surface area (Å²) in [5.41, 5.74) is 0.590. The van der Waals surface area contributed by atoms with E-state index in [1.807, 2.05) is 0 Å². The van der Waals surface area contributed by atoms with Gasteiger partial charge in [-0.3, -0.25) is 14.5 Å². The highest BCUT2D eigenvalue weighted by Gasteiger charge is 2.29. The summed E-state index contributed by atoms with van der Waals surface area (Å²) in [6.45, 7) is 7.61. The van der Waals surface area contributed by atoms with Gasteiger partial charge in [0.15, 0.2) is 0 Å². The Kier molecular flexibility index (Phi) is 9.04. The number of carbonyl (C=O) groups is 2. The van der Waals surface area contributed by atoms with Crippen molar-refractivity contribution in [3.8, 4) is 0 Å². The van der Waals surface area contributed by atoms with Crippen LogP contribution in [0.15, 0.2) is 24.3 Å². The third-order valence-corrected chi connectivity index (χ3v) is 7.83. The molecular formula is C26H39ClN4O2. The third kappa shape index (κ3) is 6.93. The summed E-state index contributed by atoms with van der Waals surface area (Å²) in [6, 6.07) is 7.86. The Morgan fingerprint density at radius 3 is 2.52 bits per heavy atom. The SMILES string of the molecule is O=C(NCCCN1CCN(C2CCCCC2)CC1)[C@@H]1CCCN(C(=O)c2cccc(Cl)c2)C1. The maximum atomic E-state index is 12.8. The maximum Gasteiger partial charge on any atom is 0.253 e. The second kappa shape index (κ2) is 12.2. The summed E-state index contributed by atoms with van der Waals surface area (Å²) in [4.78, 5) is 32.6. The van der Waals surface area contributed by atoms with Crippen molar-refractivity contribution in [2.24, 2.45) is 5.92 Å². The van der Waals surface area contributed by atoms with E-state index in [9.17, 15) is 9.59 Å². The first kappa shape index (κ1) is 24.5. The number of hydrogen-bond acceptors (Lipinski definition) is 4. The van der Waals surface area contributed by atoms with Crippen LogP contribution in [0.5, 0.6) is 0 Å². The molecule has 182 valence electrons. The molecule has 0 radical (unpaired) electrons. The van der Waals surface area contributed by atoms with E-state index in [4.69, 9.17) is 11.6 Å². The standard InChI is InChI=1S/C26H39ClN4O2/c27-23-9-4-7-21(19-23)26(33)31-14-5-8-22(20-31)25(32)28-12-6-13-29-15-17-30(18-16-29)24-10-2-1-3-11-24/h4,7,9,19,22,24H,1-3,5-6,8,10-18,20H2,(H,28,32)/t22-/m1/s1. The molecule has 2 aliphatic heterocycles. The first-order chi connectivity index (χ1) is 16.1. The normalized spacial score (nSPS) is 23.4. The summed E-state index contributed by atoms with van der Waals surface area (Å²) in [6.07, 6.45) is 9.66. The lowest BCUT2D eigenvalue weighted by atomic mass is 9.94. The van der Waals surface area contributed by atoms with Gasteiger partial charge in [0, 0.05) is 62.4 Å². The predicted octanol–water partition coefficient (Wildman–Crippen LogP) is 3.65. The van der Waals surface area contributed by atoms with Crippen LogP contribution in [0.4, 0.5) is 0 Å². The van der Waals surface area contributed by atoms with Crippen LogP contribution in [0.3, 0.4) is 0 Å². The van der Waals surface area contributed by atoms with Crippen molar-refractivity contribution in [3.05, 3.63) is 34.9 Å². The molecule has 1 saturated carbocycles. The van der Waals surface area contributed by atoms with E-state index in [1.165, 1.54) is 45.2 Å². The van der Waals surface area contributed by atoms with Crippen LogP contribution >= 0.6 is 11.6 Å². The highest BCUT2D eigenvalue weighted by molar-refractivity contribution is 6.30. The zero-order valence-corrected chi connectivity index (χ0v) is 20.6. The molecule has 0 bridgehead atoms. The molecule has 3 fully saturated rings. The quantitative estimate of drug-likeness (QED) is 0.613. The van der Waals surface area contributed by atoms with Gasteiger partial charge in [0.05, 0.1) is 5.92 Å². The molecule has 4 rings (SSSR count). The number of benzene rings is 1. The fourth-order valence-electron chi connectivity index (χ4n) is 5.64. The smallest absolute Gasteiger partial charge is 0.253 e. The second-order valence-electron chi connectivity index (χ2n) is 9.91. The molecule has 2 amide bonds. The lowest BCUT2D eigenvalue weighted by molar-refractivity contribution is -0.126. The molecule has 33 heavy (non-hydrogen) atoms. The molecule has 0 unspecified atom stereocenters. The van der Waals surface area contributed by atoms with Gasteiger partial charge in [0.25, 0.3) is 5.91 Å². The van der Waals surface area contributed by atoms with Crippen molar-refractivity contribution >= 4 is 23.4 Å². The molecule has 2 heterocycles. The Hall–Kier alpha value is -1.63. The van der Waals surface area contributed by atoms with E-state index in [2.05, 4.69) is 15.1 Å². The number of piperazine rings is 1. The molecular weight excluding hydrogens is 436 g/mol. The van der Waals surface area contributed by atoms with Crippen molar-refractivity contribution in [3.63, 3.8) is 0 Å². The number of amides is 2. The molecule has 6 nitrogen and oxygen atoms in total. The Morgan fingerprint density at radius 1 is 0.970 bits per heavy atom. The fraction of sp³-hybridized carbons (Fsp3) is 0.692. The lowest BCUT2D eigenvalue weighted by Gasteiger charge is -2.40. The highest BCUT2D eigenvalue weighted by Crippen LogP contribution is 2.24. The van der Waals surface area contributed by atoms with Crippen LogP contribution in [0, 0.1) is 5.92 Å². The van der Waals surface area contributed by atoms with Gasteiger partial charge in [-0.15, -0.1) is 0 Å². The van der Waals surface area contributed by atoms with E-state index >= 15 is 0 Å². The Bertz CT molecular complexity index is 790. The van der Waals surface area contributed by atoms with E-state index in [1.54, 1.807) is 29.2 Å². The molecule has 3 aliphatic rings. The van der Waals surface area contributed by atoms with Gasteiger partial charge in [-0.05, 0) is 56.8 Å². The molecule has 1 aromatic rings. The topological polar surface area (TPSA) is 55.9 Å². The largest absolute Gasteiger partial charge is 0.356 e. The first-order valence-corrected chi connectivity index (χ1v) is 13.3. The minimum absolute atomic E-state index is 0.0395. The Labute approximate surface area is 203 Å². The number of likely N-dealkylation sites (tertiary alicyclic amines) is 1. The minimum Gasteiger partial charge on any atom is -0.356 e. The molecule has 7 heteroatoms. The monoisotopic (exact) mass is 474 g/mol. The van der Waals surface area contributed by atoms with Crippen LogP contribution in [0.25, 0.3) is 0 Å². The van der Waals surface area contributed by atoms with Gasteiger partial charge < -0.3 is 15.1 Å². The number of carbonyl (C=O) groups excluding carboxylic acids is 2. The van der Waals surface area contributed by atoms with Crippen LogP contribution in [-0.2, 0) is 4.79 Å². The molecule has 1 aliphatic carbocycles. The van der Waals surface area contributed by atoms with Gasteiger partial charge in [-0.25, -0.2) is 0 Å². The first-order valence-electron chi connectivity index (χ1n) is 12.9. The van der Waals surface area contributed by atoms with Crippen molar-refractivity contribution in [1.82, 2.24) is 20.0 Å². The van der Waals surface area contributed by atoms with Crippen molar-refractivity contribution in [1.29, 1.82) is 0 Å². The lowest BCUT2D eigenvalue weighted by Crippen LogP contribution is -2.51. The zero-order chi connectivity index (χ0) is 23.0. The van der Waals surface area contributed by atoms with Gasteiger partial charge in [0.1, 0.15) is 0 Å². The summed E-state index contributed by atoms with van der Waals surface area (Å²) >= 11 is 6.04. The molecule has 2 saturated heterocycles. The van der Waals surface area contributed by atoms with Crippen molar-refractivity contribution in [2.75, 3.05) is 52.4 Å². The number of nitrogens with one attached hydrogen (secondary N) is 1. The molecule has 1 N–H and O–H groups in total. The fourth-order valence-corrected chi connectivity index (χ4v) is 5.83. The van der Waals surface area contributed by atoms with Crippen LogP contribution in [0.1, 0.15) is 61.7 Å². The number of nitrogens with zero attached hydrogens (tertiary/aromatic N) is 3. The molecule has 0 aromatic heterocycles. The summed E-state index contributed by atoms with van der Waals surface area (Å²) in [5.74, 6) is -0.0796. The van der Waals surface area contributed by atoms with Gasteiger partial charge in [0.2, 0.25) is 5.91 Å². The summed E-state index contributed by atoms with van der Waals surface area (Å²) in [5, 5.41) is 3.68. The highest BCUT2D eigenvalue weighted by atomic mass is 35.5. The van der Waals surface area contributed by atoms with Crippen LogP contribution in [0.2, 0.25) is 5.02 Å². The van der Waals surface area contributed by atoms with Crippen LogP contribution < -0.4 is 5.32 Å². The molecule has 1 aromatic carbocycles. The maximum absolute atomic E-state index is 12.8. The van der Waals surface area contributed by atoms with E-state index in [0.717, 1.165) is 44.9 Å². The molecule has 1 atom stereocenters. The third-order valence-electron chi connectivity index (χ3n) is 7.60. The summed E-state index contributed by atoms with van der Waals surface area (Å²) < 4.78 is 0. The second-order valence-corrected chi connectivity index (χ2v) is 10.4. The number of halogens is 1. The van der Waals surface area contributed by atoms with Gasteiger partial charge in [-0.1, -0.05) is 36.9 Å². The van der Waals surface area contributed by atoms with E-state index < -0.39 is 0 Å². The Balaban J connectivity index is 1.13. The van der Waals surface area contributed by atoms with Crippen molar-refractivity contribution < 1.29 is 9.59 Å². The zero-order valence-electron chi connectivity index (χ0n) is 19.8. The summed E-state index contributed by atoms with van der Waals surface area (Å²) in [7, 11) is 0. The minimum atomic E-state index is -0.124. The van der Waals surface area contributed by atoms with E-state index in [0.29, 0.717) is 30.2 Å². The predicted molar refractivity (Wildman–Crippen MR) is 133 cm³/mol. The number of piperidine rings is 1. The van der Waals surface area contributed by atoms with Gasteiger partial charge in [-0.2, -0.15) is 0 Å². The number of rotatable bonds is 7. The Morgan fingerprint density at radius 2 is 1.76 bits per heavy atom. The van der Waals surface area contributed by atoms with E-state index in [-0.39, 0.29) is 17.7 Å². The van der Waals surface area contributed by atoms with Crippen molar-refractivity contribution in [2.45, 2.75) is 57.4 Å². The average Bonchev–Trinajstić information content (AvgIpc) is 2.87. The van der Waals surface area contributed by atoms with Crippen LogP contribution in [-0.4, -0.2) is 84.9 Å². The van der Waals surface area contributed by atoms with Gasteiger partial charge >= 0.3 is 0 Å². The number of hydrogen-bond donors (Lipinski definition) is 1. The molecule has 0 spiro atoms.